The fourth-order valence-electron chi connectivity index (χ4n) is 2.42. The first-order valence-corrected chi connectivity index (χ1v) is 6.18. The lowest BCUT2D eigenvalue weighted by Gasteiger charge is -2.38. The van der Waals surface area contributed by atoms with E-state index < -0.39 is 5.97 Å². The summed E-state index contributed by atoms with van der Waals surface area (Å²) in [4.78, 5) is 12.8. The molecule has 1 fully saturated rings. The molecule has 4 heteroatoms. The molecule has 1 N–H and O–H groups in total. The zero-order chi connectivity index (χ0) is 13.0. The van der Waals surface area contributed by atoms with Gasteiger partial charge in [-0.15, -0.1) is 0 Å². The number of hydrogen-bond acceptors (Lipinski definition) is 3. The highest BCUT2D eigenvalue weighted by molar-refractivity contribution is 5.67. The molecular formula is C14H19NO3. The lowest BCUT2D eigenvalue weighted by atomic mass is 9.95. The molecule has 0 saturated carbocycles. The minimum Gasteiger partial charge on any atom is -0.481 e. The summed E-state index contributed by atoms with van der Waals surface area (Å²) in [6.07, 6.45) is 0.292. The summed E-state index contributed by atoms with van der Waals surface area (Å²) in [6, 6.07) is 8.34. The van der Waals surface area contributed by atoms with Crippen molar-refractivity contribution in [3.05, 3.63) is 35.4 Å². The van der Waals surface area contributed by atoms with Gasteiger partial charge in [0, 0.05) is 26.7 Å². The van der Waals surface area contributed by atoms with Crippen molar-refractivity contribution in [3.8, 4) is 0 Å². The second-order valence-electron chi connectivity index (χ2n) is 4.91. The normalized spacial score (nSPS) is 16.5. The topological polar surface area (TPSA) is 49.8 Å². The van der Waals surface area contributed by atoms with E-state index in [1.165, 1.54) is 11.1 Å². The number of carboxylic acid groups (broad SMARTS) is 1. The molecule has 1 aromatic rings. The Hall–Kier alpha value is -1.39. The third kappa shape index (κ3) is 3.55. The number of carboxylic acids is 1. The monoisotopic (exact) mass is 249 g/mol. The number of likely N-dealkylation sites (tertiary alicyclic amines) is 1. The molecule has 18 heavy (non-hydrogen) atoms. The number of benzene rings is 1. The van der Waals surface area contributed by atoms with Crippen LogP contribution in [-0.2, 0) is 22.7 Å². The molecule has 0 amide bonds. The highest BCUT2D eigenvalue weighted by Gasteiger charge is 2.28. The van der Waals surface area contributed by atoms with Crippen molar-refractivity contribution < 1.29 is 14.6 Å². The van der Waals surface area contributed by atoms with Crippen LogP contribution < -0.4 is 0 Å². The molecule has 1 aromatic carbocycles. The summed E-state index contributed by atoms with van der Waals surface area (Å²) in [5.74, 6) is -0.369. The summed E-state index contributed by atoms with van der Waals surface area (Å²) in [5.41, 5.74) is 2.44. The third-order valence-corrected chi connectivity index (χ3v) is 3.20. The summed E-state index contributed by atoms with van der Waals surface area (Å²) in [5, 5.41) is 8.69. The van der Waals surface area contributed by atoms with Crippen LogP contribution >= 0.6 is 0 Å². The molecule has 0 bridgehead atoms. The molecule has 0 spiro atoms. The molecule has 98 valence electrons. The number of rotatable bonds is 6. The Morgan fingerprint density at radius 3 is 2.83 bits per heavy atom. The number of ether oxygens (including phenoxy) is 1. The maximum absolute atomic E-state index is 10.6. The highest BCUT2D eigenvalue weighted by atomic mass is 16.5. The van der Waals surface area contributed by atoms with Gasteiger partial charge in [-0.3, -0.25) is 9.69 Å². The largest absolute Gasteiger partial charge is 0.481 e. The van der Waals surface area contributed by atoms with Crippen LogP contribution in [0.15, 0.2) is 24.3 Å². The van der Waals surface area contributed by atoms with Crippen LogP contribution in [0.4, 0.5) is 0 Å². The van der Waals surface area contributed by atoms with Crippen molar-refractivity contribution >= 4 is 5.97 Å². The van der Waals surface area contributed by atoms with E-state index in [0.29, 0.717) is 18.9 Å². The maximum Gasteiger partial charge on any atom is 0.303 e. The first kappa shape index (κ1) is 13.1. The average molecular weight is 249 g/mol. The number of methoxy groups -OCH3 is 1. The molecule has 1 heterocycles. The molecule has 0 aromatic heterocycles. The molecule has 2 rings (SSSR count). The van der Waals surface area contributed by atoms with Crippen LogP contribution in [0.25, 0.3) is 0 Å². The van der Waals surface area contributed by atoms with Crippen molar-refractivity contribution in [3.63, 3.8) is 0 Å². The van der Waals surface area contributed by atoms with Crippen molar-refractivity contribution in [2.75, 3.05) is 20.2 Å². The van der Waals surface area contributed by atoms with Crippen molar-refractivity contribution in [2.24, 2.45) is 5.92 Å². The van der Waals surface area contributed by atoms with Gasteiger partial charge in [0.2, 0.25) is 0 Å². The standard InChI is InChI=1S/C14H19NO3/c1-18-10-12-4-2-3-11(5-12)7-15-8-13(9-15)6-14(16)17/h2-5,13H,6-10H2,1H3,(H,16,17). The van der Waals surface area contributed by atoms with Crippen molar-refractivity contribution in [2.45, 2.75) is 19.6 Å². The van der Waals surface area contributed by atoms with Gasteiger partial charge in [0.25, 0.3) is 0 Å². The van der Waals surface area contributed by atoms with Crippen LogP contribution in [0.1, 0.15) is 17.5 Å². The van der Waals surface area contributed by atoms with E-state index >= 15 is 0 Å². The Kier molecular flexibility index (Phi) is 4.33. The fourth-order valence-corrected chi connectivity index (χ4v) is 2.42. The van der Waals surface area contributed by atoms with Crippen LogP contribution in [-0.4, -0.2) is 36.2 Å². The van der Waals surface area contributed by atoms with Gasteiger partial charge in [0.15, 0.2) is 0 Å². The van der Waals surface area contributed by atoms with E-state index in [2.05, 4.69) is 23.1 Å². The highest BCUT2D eigenvalue weighted by Crippen LogP contribution is 2.21. The third-order valence-electron chi connectivity index (χ3n) is 3.20. The number of carbonyl (C=O) groups is 1. The van der Waals surface area contributed by atoms with Gasteiger partial charge < -0.3 is 9.84 Å². The van der Waals surface area contributed by atoms with Gasteiger partial charge in [-0.25, -0.2) is 0 Å². The summed E-state index contributed by atoms with van der Waals surface area (Å²) >= 11 is 0. The molecule has 0 unspecified atom stereocenters. The number of hydrogen-bond donors (Lipinski definition) is 1. The number of nitrogens with zero attached hydrogens (tertiary/aromatic N) is 1. The zero-order valence-corrected chi connectivity index (χ0v) is 10.6. The Labute approximate surface area is 107 Å². The second kappa shape index (κ2) is 5.98. The molecule has 1 aliphatic rings. The predicted octanol–water partition coefficient (Wildman–Crippen LogP) is 1.74. The summed E-state index contributed by atoms with van der Waals surface area (Å²) in [6.45, 7) is 3.31. The van der Waals surface area contributed by atoms with Gasteiger partial charge in [-0.1, -0.05) is 24.3 Å². The van der Waals surface area contributed by atoms with Gasteiger partial charge in [-0.2, -0.15) is 0 Å². The van der Waals surface area contributed by atoms with Crippen LogP contribution in [0.5, 0.6) is 0 Å². The van der Waals surface area contributed by atoms with Crippen LogP contribution in [0.3, 0.4) is 0 Å². The van der Waals surface area contributed by atoms with E-state index in [9.17, 15) is 4.79 Å². The molecular weight excluding hydrogens is 230 g/mol. The van der Waals surface area contributed by atoms with E-state index in [0.717, 1.165) is 19.6 Å². The Bertz CT molecular complexity index is 413. The quantitative estimate of drug-likeness (QED) is 0.834. The van der Waals surface area contributed by atoms with Gasteiger partial charge in [0.05, 0.1) is 13.0 Å². The summed E-state index contributed by atoms with van der Waals surface area (Å²) < 4.78 is 5.11. The zero-order valence-electron chi connectivity index (χ0n) is 10.6. The van der Waals surface area contributed by atoms with Crippen LogP contribution in [0, 0.1) is 5.92 Å². The molecule has 4 nitrogen and oxygen atoms in total. The minimum atomic E-state index is -0.693. The Morgan fingerprint density at radius 2 is 2.17 bits per heavy atom. The Morgan fingerprint density at radius 1 is 1.44 bits per heavy atom. The van der Waals surface area contributed by atoms with E-state index in [-0.39, 0.29) is 0 Å². The van der Waals surface area contributed by atoms with E-state index in [1.54, 1.807) is 7.11 Å². The van der Waals surface area contributed by atoms with Crippen molar-refractivity contribution in [1.29, 1.82) is 0 Å². The summed E-state index contributed by atoms with van der Waals surface area (Å²) in [7, 11) is 1.69. The predicted molar refractivity (Wildman–Crippen MR) is 68.2 cm³/mol. The van der Waals surface area contributed by atoms with Gasteiger partial charge >= 0.3 is 5.97 Å². The minimum absolute atomic E-state index is 0.292. The number of aliphatic carboxylic acids is 1. The molecule has 0 atom stereocenters. The molecule has 1 saturated heterocycles. The van der Waals surface area contributed by atoms with Gasteiger partial charge in [-0.05, 0) is 17.0 Å². The molecule has 0 aliphatic carbocycles. The van der Waals surface area contributed by atoms with Gasteiger partial charge in [0.1, 0.15) is 0 Å². The first-order valence-electron chi connectivity index (χ1n) is 6.18. The van der Waals surface area contributed by atoms with Crippen molar-refractivity contribution in [1.82, 2.24) is 4.90 Å². The molecule has 1 aliphatic heterocycles. The molecule has 0 radical (unpaired) electrons. The maximum atomic E-state index is 10.6. The van der Waals surface area contributed by atoms with Crippen LogP contribution in [0.2, 0.25) is 0 Å². The average Bonchev–Trinajstić information content (AvgIpc) is 2.26. The lowest BCUT2D eigenvalue weighted by Crippen LogP contribution is -2.46. The first-order chi connectivity index (χ1) is 8.67. The lowest BCUT2D eigenvalue weighted by molar-refractivity contribution is -0.139. The second-order valence-corrected chi connectivity index (χ2v) is 4.91. The van der Waals surface area contributed by atoms with E-state index in [4.69, 9.17) is 9.84 Å². The SMILES string of the molecule is COCc1cccc(CN2CC(CC(=O)O)C2)c1. The smallest absolute Gasteiger partial charge is 0.303 e. The van der Waals surface area contributed by atoms with E-state index in [1.807, 2.05) is 6.07 Å². The fraction of sp³-hybridized carbons (Fsp3) is 0.500. The Balaban J connectivity index is 1.81.